The monoisotopic (exact) mass is 384 g/mol. The quantitative estimate of drug-likeness (QED) is 0.325. The predicted octanol–water partition coefficient (Wildman–Crippen LogP) is 5.03. The second-order valence-corrected chi connectivity index (χ2v) is 8.51. The van der Waals surface area contributed by atoms with Crippen molar-refractivity contribution in [1.82, 2.24) is 0 Å². The molecule has 0 amide bonds. The van der Waals surface area contributed by atoms with Crippen molar-refractivity contribution in [2.45, 2.75) is 71.8 Å². The predicted molar refractivity (Wildman–Crippen MR) is 109 cm³/mol. The summed E-state index contributed by atoms with van der Waals surface area (Å²) in [5.74, 6) is 1.00. The van der Waals surface area contributed by atoms with E-state index in [0.717, 1.165) is 31.4 Å². The van der Waals surface area contributed by atoms with Crippen molar-refractivity contribution in [3.05, 3.63) is 22.6 Å². The molecule has 1 aliphatic rings. The van der Waals surface area contributed by atoms with E-state index in [2.05, 4.69) is 26.8 Å². The Morgan fingerprint density at radius 1 is 1.42 bits per heavy atom. The Labute approximate surface area is 163 Å². The van der Waals surface area contributed by atoms with Crippen molar-refractivity contribution >= 4 is 17.7 Å². The second-order valence-electron chi connectivity index (χ2n) is 7.37. The number of aliphatic hydroxyl groups excluding tert-OH is 1. The minimum absolute atomic E-state index is 0.216. The van der Waals surface area contributed by atoms with Crippen LogP contribution in [0.3, 0.4) is 0 Å². The van der Waals surface area contributed by atoms with Crippen LogP contribution in [0.25, 0.3) is 0 Å². The van der Waals surface area contributed by atoms with Crippen LogP contribution in [0.2, 0.25) is 0 Å². The van der Waals surface area contributed by atoms with Crippen molar-refractivity contribution in [3.8, 4) is 0 Å². The van der Waals surface area contributed by atoms with Gasteiger partial charge in [0.15, 0.2) is 0 Å². The van der Waals surface area contributed by atoms with Gasteiger partial charge >= 0.3 is 5.97 Å². The average molecular weight is 385 g/mol. The van der Waals surface area contributed by atoms with Crippen LogP contribution in [0.15, 0.2) is 22.6 Å². The fraction of sp³-hybridized carbons (Fsp3) is 0.762. The summed E-state index contributed by atoms with van der Waals surface area (Å²) in [7, 11) is 0. The van der Waals surface area contributed by atoms with Crippen molar-refractivity contribution < 1.29 is 19.7 Å². The summed E-state index contributed by atoms with van der Waals surface area (Å²) in [6.07, 6.45) is 11.4. The first kappa shape index (κ1) is 23.3. The lowest BCUT2D eigenvalue weighted by Crippen LogP contribution is -2.09. The molecule has 1 aliphatic carbocycles. The first-order valence-electron chi connectivity index (χ1n) is 9.92. The Morgan fingerprint density at radius 3 is 2.88 bits per heavy atom. The maximum absolute atomic E-state index is 10.4. The molecule has 0 radical (unpaired) electrons. The fourth-order valence-electron chi connectivity index (χ4n) is 3.28. The number of carboxylic acid groups (broad SMARTS) is 1. The average Bonchev–Trinajstić information content (AvgIpc) is 2.94. The van der Waals surface area contributed by atoms with Crippen LogP contribution in [0, 0.1) is 11.8 Å². The molecule has 0 saturated carbocycles. The highest BCUT2D eigenvalue weighted by Crippen LogP contribution is 2.40. The van der Waals surface area contributed by atoms with Gasteiger partial charge in [0.05, 0.1) is 6.10 Å². The van der Waals surface area contributed by atoms with E-state index in [1.807, 2.05) is 17.8 Å². The molecule has 0 saturated heterocycles. The van der Waals surface area contributed by atoms with Crippen LogP contribution in [0.5, 0.6) is 0 Å². The molecule has 1 rings (SSSR count). The molecule has 0 aliphatic heterocycles. The number of rotatable bonds is 14. The van der Waals surface area contributed by atoms with Crippen molar-refractivity contribution in [2.24, 2.45) is 11.8 Å². The van der Waals surface area contributed by atoms with Crippen LogP contribution in [0.1, 0.15) is 65.7 Å². The standard InChI is InChI=1S/C21H36O4S/c1-4-5-7-16(2)14-19(22)11-10-18-9-8-17(3)21(18)26-13-6-12-25-15-20(23)24/h10-11,16,18-19,22H,4-9,12-15H2,1-3H3,(H,23,24)/b11-10+/t16-,18-,19-/m1/s1. The van der Waals surface area contributed by atoms with Gasteiger partial charge in [-0.25, -0.2) is 4.79 Å². The second kappa shape index (κ2) is 13.4. The van der Waals surface area contributed by atoms with Gasteiger partial charge < -0.3 is 14.9 Å². The van der Waals surface area contributed by atoms with Gasteiger partial charge in [-0.3, -0.25) is 0 Å². The van der Waals surface area contributed by atoms with Crippen LogP contribution in [0.4, 0.5) is 0 Å². The van der Waals surface area contributed by atoms with Gasteiger partial charge in [0, 0.05) is 12.5 Å². The molecule has 0 aromatic rings. The number of aliphatic carboxylic acids is 1. The van der Waals surface area contributed by atoms with Gasteiger partial charge in [-0.15, -0.1) is 11.8 Å². The van der Waals surface area contributed by atoms with Crippen molar-refractivity contribution in [3.63, 3.8) is 0 Å². The lowest BCUT2D eigenvalue weighted by Gasteiger charge is -2.15. The van der Waals surface area contributed by atoms with Gasteiger partial charge in [0.25, 0.3) is 0 Å². The van der Waals surface area contributed by atoms with Gasteiger partial charge in [-0.2, -0.15) is 0 Å². The highest BCUT2D eigenvalue weighted by molar-refractivity contribution is 8.03. The Balaban J connectivity index is 2.35. The van der Waals surface area contributed by atoms with Crippen LogP contribution in [-0.4, -0.2) is 41.3 Å². The molecule has 0 aromatic carbocycles. The molecule has 0 aromatic heterocycles. The van der Waals surface area contributed by atoms with E-state index in [4.69, 9.17) is 9.84 Å². The molecular formula is C21H36O4S. The molecule has 0 heterocycles. The number of allylic oxidation sites excluding steroid dienone is 3. The number of hydrogen-bond acceptors (Lipinski definition) is 4. The molecule has 3 atom stereocenters. The minimum Gasteiger partial charge on any atom is -0.480 e. The number of thioether (sulfide) groups is 1. The van der Waals surface area contributed by atoms with Crippen LogP contribution >= 0.6 is 11.8 Å². The third-order valence-corrected chi connectivity index (χ3v) is 6.22. The molecule has 0 unspecified atom stereocenters. The SMILES string of the molecule is CCCC[C@@H](C)C[C@H](O)/C=C/[C@H]1CCC(C)=C1SCCCOCC(=O)O. The van der Waals surface area contributed by atoms with E-state index in [1.54, 1.807) is 0 Å². The van der Waals surface area contributed by atoms with Crippen molar-refractivity contribution in [1.29, 1.82) is 0 Å². The summed E-state index contributed by atoms with van der Waals surface area (Å²) in [6, 6.07) is 0. The van der Waals surface area contributed by atoms with Crippen molar-refractivity contribution in [2.75, 3.05) is 19.0 Å². The molecular weight excluding hydrogens is 348 g/mol. The van der Waals surface area contributed by atoms with E-state index in [-0.39, 0.29) is 12.7 Å². The summed E-state index contributed by atoms with van der Waals surface area (Å²) in [4.78, 5) is 11.8. The third kappa shape index (κ3) is 9.79. The third-order valence-electron chi connectivity index (χ3n) is 4.76. The molecule has 5 heteroatoms. The molecule has 2 N–H and O–H groups in total. The Hall–Kier alpha value is -0.780. The Kier molecular flexibility index (Phi) is 12.0. The zero-order valence-electron chi connectivity index (χ0n) is 16.6. The smallest absolute Gasteiger partial charge is 0.329 e. The lowest BCUT2D eigenvalue weighted by molar-refractivity contribution is -0.142. The Morgan fingerprint density at radius 2 is 2.19 bits per heavy atom. The van der Waals surface area contributed by atoms with E-state index in [0.29, 0.717) is 18.4 Å². The number of unbranched alkanes of at least 4 members (excludes halogenated alkanes) is 1. The highest BCUT2D eigenvalue weighted by Gasteiger charge is 2.21. The number of aliphatic hydroxyl groups is 1. The summed E-state index contributed by atoms with van der Waals surface area (Å²) in [5, 5.41) is 18.8. The van der Waals surface area contributed by atoms with Crippen LogP contribution < -0.4 is 0 Å². The fourth-order valence-corrected chi connectivity index (χ4v) is 4.52. The zero-order valence-corrected chi connectivity index (χ0v) is 17.4. The molecule has 26 heavy (non-hydrogen) atoms. The number of carboxylic acids is 1. The van der Waals surface area contributed by atoms with Gasteiger partial charge in [-0.1, -0.05) is 50.8 Å². The normalized spacial score (nSPS) is 20.1. The number of hydrogen-bond donors (Lipinski definition) is 2. The van der Waals surface area contributed by atoms with Gasteiger partial charge in [-0.05, 0) is 49.2 Å². The highest BCUT2D eigenvalue weighted by atomic mass is 32.2. The minimum atomic E-state index is -0.917. The van der Waals surface area contributed by atoms with Crippen LogP contribution in [-0.2, 0) is 9.53 Å². The van der Waals surface area contributed by atoms with E-state index in [1.165, 1.54) is 29.7 Å². The van der Waals surface area contributed by atoms with E-state index >= 15 is 0 Å². The molecule has 0 bridgehead atoms. The maximum Gasteiger partial charge on any atom is 0.329 e. The summed E-state index contributed by atoms with van der Waals surface area (Å²) >= 11 is 1.86. The summed E-state index contributed by atoms with van der Waals surface area (Å²) in [5.41, 5.74) is 1.45. The number of carbonyl (C=O) groups is 1. The van der Waals surface area contributed by atoms with E-state index < -0.39 is 5.97 Å². The first-order chi connectivity index (χ1) is 12.4. The summed E-state index contributed by atoms with van der Waals surface area (Å²) < 4.78 is 5.08. The Bertz CT molecular complexity index is 473. The largest absolute Gasteiger partial charge is 0.480 e. The van der Waals surface area contributed by atoms with E-state index in [9.17, 15) is 9.90 Å². The summed E-state index contributed by atoms with van der Waals surface area (Å²) in [6.45, 7) is 6.89. The molecule has 4 nitrogen and oxygen atoms in total. The lowest BCUT2D eigenvalue weighted by atomic mass is 9.96. The van der Waals surface area contributed by atoms with Gasteiger partial charge in [0.1, 0.15) is 6.61 Å². The molecule has 0 fully saturated rings. The first-order valence-corrected chi connectivity index (χ1v) is 10.9. The maximum atomic E-state index is 10.4. The van der Waals surface area contributed by atoms with Gasteiger partial charge in [0.2, 0.25) is 0 Å². The topological polar surface area (TPSA) is 66.8 Å². The molecule has 150 valence electrons. The number of ether oxygens (including phenoxy) is 1. The zero-order chi connectivity index (χ0) is 19.4. The molecule has 0 spiro atoms.